The lowest BCUT2D eigenvalue weighted by atomic mass is 9.96. The van der Waals surface area contributed by atoms with Crippen molar-refractivity contribution < 1.29 is 24.2 Å². The molecule has 0 radical (unpaired) electrons. The summed E-state index contributed by atoms with van der Waals surface area (Å²) in [6, 6.07) is 21.7. The maximum atomic E-state index is 12.1. The molecule has 6 heteroatoms. The largest absolute Gasteiger partial charge is 0.489 e. The molecule has 3 aromatic rings. The van der Waals surface area contributed by atoms with Crippen LogP contribution in [0.1, 0.15) is 27.8 Å². The fourth-order valence-corrected chi connectivity index (χ4v) is 3.41. The summed E-state index contributed by atoms with van der Waals surface area (Å²) in [5.74, 6) is -0.403. The molecule has 3 aromatic carbocycles. The van der Waals surface area contributed by atoms with Crippen molar-refractivity contribution in [2.24, 2.45) is 0 Å². The Morgan fingerprint density at radius 2 is 1.41 bits per heavy atom. The van der Waals surface area contributed by atoms with E-state index < -0.39 is 18.1 Å². The number of alkyl carbamates (subject to hydrolysis) is 1. The highest BCUT2D eigenvalue weighted by Gasteiger charge is 2.23. The van der Waals surface area contributed by atoms with Crippen molar-refractivity contribution in [3.63, 3.8) is 0 Å². The monoisotopic (exact) mass is 433 g/mol. The van der Waals surface area contributed by atoms with Crippen LogP contribution >= 0.6 is 0 Å². The highest BCUT2D eigenvalue weighted by Crippen LogP contribution is 2.24. The van der Waals surface area contributed by atoms with Crippen molar-refractivity contribution in [3.8, 4) is 5.75 Å². The lowest BCUT2D eigenvalue weighted by molar-refractivity contribution is -0.139. The Bertz CT molecular complexity index is 1030. The van der Waals surface area contributed by atoms with Crippen LogP contribution in [0.15, 0.2) is 72.8 Å². The Morgan fingerprint density at radius 3 is 1.94 bits per heavy atom. The number of carbonyl (C=O) groups is 2. The Kier molecular flexibility index (Phi) is 7.86. The highest BCUT2D eigenvalue weighted by molar-refractivity contribution is 5.80. The number of aryl methyl sites for hydroxylation is 2. The molecule has 0 saturated carbocycles. The zero-order chi connectivity index (χ0) is 22.9. The van der Waals surface area contributed by atoms with Gasteiger partial charge in [0.2, 0.25) is 0 Å². The Labute approximate surface area is 187 Å². The normalized spacial score (nSPS) is 11.4. The summed E-state index contributed by atoms with van der Waals surface area (Å²) >= 11 is 0. The number of carboxylic acid groups (broad SMARTS) is 1. The SMILES string of the molecule is Cc1cc(OCc2ccccc2)cc(C)c1CC(NC(=O)OCc1ccccc1)C(=O)O. The van der Waals surface area contributed by atoms with Gasteiger partial charge in [0.1, 0.15) is 25.0 Å². The van der Waals surface area contributed by atoms with E-state index in [1.165, 1.54) is 0 Å². The topological polar surface area (TPSA) is 84.9 Å². The first-order valence-electron chi connectivity index (χ1n) is 10.4. The molecule has 166 valence electrons. The van der Waals surface area contributed by atoms with Crippen molar-refractivity contribution in [2.45, 2.75) is 39.5 Å². The molecule has 0 spiro atoms. The van der Waals surface area contributed by atoms with Crippen molar-refractivity contribution in [2.75, 3.05) is 0 Å². The molecule has 0 heterocycles. The summed E-state index contributed by atoms with van der Waals surface area (Å²) in [4.78, 5) is 23.9. The first kappa shape index (κ1) is 22.9. The third kappa shape index (κ3) is 6.60. The molecule has 1 unspecified atom stereocenters. The van der Waals surface area contributed by atoms with Crippen LogP contribution in [0.25, 0.3) is 0 Å². The van der Waals surface area contributed by atoms with Crippen molar-refractivity contribution in [1.29, 1.82) is 0 Å². The van der Waals surface area contributed by atoms with Crippen LogP contribution in [0.5, 0.6) is 5.75 Å². The quantitative estimate of drug-likeness (QED) is 0.506. The van der Waals surface area contributed by atoms with Crippen LogP contribution in [-0.4, -0.2) is 23.2 Å². The van der Waals surface area contributed by atoms with E-state index in [0.29, 0.717) is 6.61 Å². The fourth-order valence-electron chi connectivity index (χ4n) is 3.41. The molecule has 1 amide bonds. The molecule has 2 N–H and O–H groups in total. The van der Waals surface area contributed by atoms with E-state index in [9.17, 15) is 14.7 Å². The van der Waals surface area contributed by atoms with Crippen molar-refractivity contribution >= 4 is 12.1 Å². The third-order valence-corrected chi connectivity index (χ3v) is 5.13. The number of ether oxygens (including phenoxy) is 2. The van der Waals surface area contributed by atoms with Gasteiger partial charge < -0.3 is 19.9 Å². The molecule has 32 heavy (non-hydrogen) atoms. The average Bonchev–Trinajstić information content (AvgIpc) is 2.79. The molecular weight excluding hydrogens is 406 g/mol. The average molecular weight is 434 g/mol. The van der Waals surface area contributed by atoms with Crippen LogP contribution < -0.4 is 10.1 Å². The van der Waals surface area contributed by atoms with Gasteiger partial charge in [-0.15, -0.1) is 0 Å². The van der Waals surface area contributed by atoms with Gasteiger partial charge >= 0.3 is 12.1 Å². The van der Waals surface area contributed by atoms with Gasteiger partial charge in [-0.05, 0) is 53.8 Å². The van der Waals surface area contributed by atoms with E-state index in [2.05, 4.69) is 5.32 Å². The van der Waals surface area contributed by atoms with Gasteiger partial charge in [-0.2, -0.15) is 0 Å². The second-order valence-corrected chi connectivity index (χ2v) is 7.61. The molecule has 0 aliphatic rings. The Balaban J connectivity index is 1.62. The van der Waals surface area contributed by atoms with E-state index in [0.717, 1.165) is 33.6 Å². The number of rotatable bonds is 9. The molecule has 0 aliphatic carbocycles. The predicted octanol–water partition coefficient (Wildman–Crippen LogP) is 4.80. The van der Waals surface area contributed by atoms with E-state index in [1.54, 1.807) is 0 Å². The molecule has 1 atom stereocenters. The standard InChI is InChI=1S/C26H27NO5/c1-18-13-22(31-16-20-9-5-3-6-10-20)14-19(2)23(18)15-24(25(28)29)27-26(30)32-17-21-11-7-4-8-12-21/h3-14,24H,15-17H2,1-2H3,(H,27,30)(H,28,29). The minimum Gasteiger partial charge on any atom is -0.489 e. The summed E-state index contributed by atoms with van der Waals surface area (Å²) in [6.45, 7) is 4.34. The summed E-state index contributed by atoms with van der Waals surface area (Å²) in [5, 5.41) is 12.1. The van der Waals surface area contributed by atoms with Crippen LogP contribution in [-0.2, 0) is 29.2 Å². The lowest BCUT2D eigenvalue weighted by Gasteiger charge is -2.18. The summed E-state index contributed by atoms with van der Waals surface area (Å²) in [6.07, 6.45) is -0.619. The maximum absolute atomic E-state index is 12.1. The third-order valence-electron chi connectivity index (χ3n) is 5.13. The summed E-state index contributed by atoms with van der Waals surface area (Å²) in [5.41, 5.74) is 4.55. The zero-order valence-electron chi connectivity index (χ0n) is 18.2. The van der Waals surface area contributed by atoms with Crippen LogP contribution in [0.3, 0.4) is 0 Å². The van der Waals surface area contributed by atoms with Crippen molar-refractivity contribution in [1.82, 2.24) is 5.32 Å². The van der Waals surface area contributed by atoms with Gasteiger partial charge in [-0.25, -0.2) is 9.59 Å². The van der Waals surface area contributed by atoms with Gasteiger partial charge in [-0.1, -0.05) is 60.7 Å². The van der Waals surface area contributed by atoms with Gasteiger partial charge in [-0.3, -0.25) is 0 Å². The van der Waals surface area contributed by atoms with E-state index >= 15 is 0 Å². The highest BCUT2D eigenvalue weighted by atomic mass is 16.5. The van der Waals surface area contributed by atoms with Gasteiger partial charge in [0.15, 0.2) is 0 Å². The van der Waals surface area contributed by atoms with Crippen molar-refractivity contribution in [3.05, 3.63) is 101 Å². The fraction of sp³-hybridized carbons (Fsp3) is 0.231. The number of hydrogen-bond donors (Lipinski definition) is 2. The number of carbonyl (C=O) groups excluding carboxylic acids is 1. The minimum absolute atomic E-state index is 0.0739. The van der Waals surface area contributed by atoms with Crippen LogP contribution in [0.2, 0.25) is 0 Å². The number of hydrogen-bond acceptors (Lipinski definition) is 4. The zero-order valence-corrected chi connectivity index (χ0v) is 18.2. The Morgan fingerprint density at radius 1 is 0.875 bits per heavy atom. The number of aliphatic carboxylic acids is 1. The molecule has 6 nitrogen and oxygen atoms in total. The predicted molar refractivity (Wildman–Crippen MR) is 122 cm³/mol. The summed E-state index contributed by atoms with van der Waals surface area (Å²) in [7, 11) is 0. The molecule has 0 saturated heterocycles. The molecule has 0 aromatic heterocycles. The molecule has 0 fully saturated rings. The first-order valence-corrected chi connectivity index (χ1v) is 10.4. The number of nitrogens with one attached hydrogen (secondary N) is 1. The Hall–Kier alpha value is -3.80. The molecule has 0 bridgehead atoms. The second kappa shape index (κ2) is 11.0. The maximum Gasteiger partial charge on any atom is 0.408 e. The summed E-state index contributed by atoms with van der Waals surface area (Å²) < 4.78 is 11.1. The number of amides is 1. The molecule has 3 rings (SSSR count). The van der Waals surface area contributed by atoms with E-state index in [1.807, 2.05) is 86.6 Å². The number of carboxylic acids is 1. The van der Waals surface area contributed by atoms with Gasteiger partial charge in [0.25, 0.3) is 0 Å². The van der Waals surface area contributed by atoms with Crippen LogP contribution in [0.4, 0.5) is 4.79 Å². The molecular formula is C26H27NO5. The number of benzene rings is 3. The second-order valence-electron chi connectivity index (χ2n) is 7.61. The van der Waals surface area contributed by atoms with Crippen LogP contribution in [0, 0.1) is 13.8 Å². The first-order chi connectivity index (χ1) is 15.4. The van der Waals surface area contributed by atoms with Gasteiger partial charge in [0.05, 0.1) is 0 Å². The van der Waals surface area contributed by atoms with E-state index in [4.69, 9.17) is 9.47 Å². The van der Waals surface area contributed by atoms with E-state index in [-0.39, 0.29) is 13.0 Å². The minimum atomic E-state index is -1.12. The van der Waals surface area contributed by atoms with Gasteiger partial charge in [0, 0.05) is 6.42 Å². The lowest BCUT2D eigenvalue weighted by Crippen LogP contribution is -2.42. The smallest absolute Gasteiger partial charge is 0.408 e. The molecule has 0 aliphatic heterocycles.